The molecule has 3 aromatic rings. The number of ether oxygens (including phenoxy) is 2. The number of hydrogen-bond acceptors (Lipinski definition) is 6. The Morgan fingerprint density at radius 1 is 1.15 bits per heavy atom. The Bertz CT molecular complexity index is 1270. The van der Waals surface area contributed by atoms with Crippen molar-refractivity contribution in [2.75, 3.05) is 19.9 Å². The fraction of sp³-hybridized carbons (Fsp3) is 0.400. The summed E-state index contributed by atoms with van der Waals surface area (Å²) >= 11 is 0. The first-order chi connectivity index (χ1) is 15.7. The molecule has 2 aliphatic heterocycles. The highest BCUT2D eigenvalue weighted by Gasteiger charge is 2.39. The molecule has 0 unspecified atom stereocenters. The number of fused-ring (bicyclic) bond motifs is 1. The minimum Gasteiger partial charge on any atom is -0.454 e. The lowest BCUT2D eigenvalue weighted by Gasteiger charge is -2.31. The second-order valence-corrected chi connectivity index (χ2v) is 7.87. The molecule has 174 valence electrons. The number of aromatic nitrogens is 5. The van der Waals surface area contributed by atoms with Crippen molar-refractivity contribution < 1.29 is 27.4 Å². The van der Waals surface area contributed by atoms with Crippen LogP contribution in [-0.4, -0.2) is 55.2 Å². The Hall–Kier alpha value is -3.77. The molecule has 13 heteroatoms. The van der Waals surface area contributed by atoms with Crippen LogP contribution in [0.2, 0.25) is 0 Å². The molecule has 1 fully saturated rings. The summed E-state index contributed by atoms with van der Waals surface area (Å²) in [6.45, 7) is 0.694. The number of hydrogen-bond donors (Lipinski definition) is 1. The normalized spacial score (nSPS) is 16.4. The molecule has 2 aromatic heterocycles. The van der Waals surface area contributed by atoms with Gasteiger partial charge >= 0.3 is 11.9 Å². The highest BCUT2D eigenvalue weighted by Crippen LogP contribution is 2.35. The van der Waals surface area contributed by atoms with Crippen LogP contribution in [0, 0.1) is 0 Å². The fourth-order valence-electron chi connectivity index (χ4n) is 4.06. The largest absolute Gasteiger partial charge is 0.454 e. The molecule has 0 atom stereocenters. The third-order valence-electron chi connectivity index (χ3n) is 5.83. The van der Waals surface area contributed by atoms with Crippen molar-refractivity contribution in [3.05, 3.63) is 46.3 Å². The maximum Gasteiger partial charge on any atom is 0.451 e. The van der Waals surface area contributed by atoms with Gasteiger partial charge in [0.1, 0.15) is 5.69 Å². The van der Waals surface area contributed by atoms with Gasteiger partial charge in [0.2, 0.25) is 12.6 Å². The third-order valence-corrected chi connectivity index (χ3v) is 5.83. The van der Waals surface area contributed by atoms with Crippen molar-refractivity contribution in [3.8, 4) is 22.8 Å². The monoisotopic (exact) mass is 464 g/mol. The van der Waals surface area contributed by atoms with Crippen molar-refractivity contribution in [2.24, 2.45) is 7.05 Å². The predicted octanol–water partition coefficient (Wildman–Crippen LogP) is 2.20. The first-order valence-electron chi connectivity index (χ1n) is 10.2. The van der Waals surface area contributed by atoms with E-state index in [1.165, 1.54) is 0 Å². The zero-order valence-electron chi connectivity index (χ0n) is 17.4. The topological polar surface area (TPSA) is 107 Å². The van der Waals surface area contributed by atoms with Gasteiger partial charge < -0.3 is 14.4 Å². The van der Waals surface area contributed by atoms with Crippen molar-refractivity contribution in [1.29, 1.82) is 0 Å². The molecule has 10 nitrogen and oxygen atoms in total. The van der Waals surface area contributed by atoms with Crippen LogP contribution in [0.1, 0.15) is 35.2 Å². The maximum atomic E-state index is 13.0. The van der Waals surface area contributed by atoms with Gasteiger partial charge in [-0.05, 0) is 37.1 Å². The molecule has 1 saturated heterocycles. The molecule has 33 heavy (non-hydrogen) atoms. The first-order valence-corrected chi connectivity index (χ1v) is 10.2. The molecule has 0 spiro atoms. The molecule has 0 bridgehead atoms. The van der Waals surface area contributed by atoms with Crippen LogP contribution in [0.4, 0.5) is 13.2 Å². The van der Waals surface area contributed by atoms with Gasteiger partial charge in [-0.2, -0.15) is 18.3 Å². The Morgan fingerprint density at radius 3 is 2.58 bits per heavy atom. The number of nitrogens with one attached hydrogen (secondary N) is 1. The van der Waals surface area contributed by atoms with E-state index in [-0.39, 0.29) is 31.5 Å². The van der Waals surface area contributed by atoms with E-state index in [1.54, 1.807) is 23.1 Å². The van der Waals surface area contributed by atoms with Crippen LogP contribution in [-0.2, 0) is 13.2 Å². The van der Waals surface area contributed by atoms with Gasteiger partial charge in [-0.3, -0.25) is 14.5 Å². The van der Waals surface area contributed by atoms with Gasteiger partial charge in [0.05, 0.1) is 11.7 Å². The van der Waals surface area contributed by atoms with E-state index in [9.17, 15) is 22.8 Å². The number of alkyl halides is 3. The summed E-state index contributed by atoms with van der Waals surface area (Å²) in [6.07, 6.45) is -4.10. The van der Waals surface area contributed by atoms with Gasteiger partial charge in [0.25, 0.3) is 5.91 Å². The van der Waals surface area contributed by atoms with Crippen LogP contribution < -0.4 is 15.2 Å². The summed E-state index contributed by atoms with van der Waals surface area (Å²) in [5.41, 5.74) is 0.777. The molecular weight excluding hydrogens is 445 g/mol. The summed E-state index contributed by atoms with van der Waals surface area (Å²) in [5, 5.41) is 10.4. The number of H-pyrrole nitrogens is 1. The summed E-state index contributed by atoms with van der Waals surface area (Å²) < 4.78 is 51.2. The Kier molecular flexibility index (Phi) is 4.91. The van der Waals surface area contributed by atoms with E-state index in [1.807, 2.05) is 6.07 Å². The quantitative estimate of drug-likeness (QED) is 0.637. The van der Waals surface area contributed by atoms with Gasteiger partial charge in [-0.25, -0.2) is 9.48 Å². The summed E-state index contributed by atoms with van der Waals surface area (Å²) in [5.74, 6) is -0.275. The van der Waals surface area contributed by atoms with E-state index in [0.29, 0.717) is 34.6 Å². The molecule has 0 saturated carbocycles. The smallest absolute Gasteiger partial charge is 0.451 e. The van der Waals surface area contributed by atoms with Gasteiger partial charge in [-0.15, -0.1) is 5.10 Å². The number of rotatable bonds is 3. The number of piperidine rings is 1. The molecule has 1 N–H and O–H groups in total. The molecule has 0 aliphatic carbocycles. The van der Waals surface area contributed by atoms with Crippen LogP contribution in [0.5, 0.6) is 11.5 Å². The molecule has 1 aromatic carbocycles. The summed E-state index contributed by atoms with van der Waals surface area (Å²) in [4.78, 5) is 26.7. The number of likely N-dealkylation sites (tertiary alicyclic amines) is 1. The number of amides is 1. The number of aromatic amines is 1. The van der Waals surface area contributed by atoms with Crippen molar-refractivity contribution >= 4 is 5.91 Å². The van der Waals surface area contributed by atoms with Crippen molar-refractivity contribution in [3.63, 3.8) is 0 Å². The number of halogens is 3. The first kappa shape index (κ1) is 21.1. The van der Waals surface area contributed by atoms with Crippen molar-refractivity contribution in [1.82, 2.24) is 29.4 Å². The third kappa shape index (κ3) is 3.72. The van der Waals surface area contributed by atoms with Crippen LogP contribution in [0.3, 0.4) is 0 Å². The summed E-state index contributed by atoms with van der Waals surface area (Å²) in [7, 11) is 1.04. The van der Waals surface area contributed by atoms with Gasteiger partial charge in [0, 0.05) is 25.7 Å². The number of nitrogens with zero attached hydrogens (tertiary/aromatic N) is 5. The average Bonchev–Trinajstić information content (AvgIpc) is 3.52. The Balaban J connectivity index is 1.27. The van der Waals surface area contributed by atoms with E-state index in [0.717, 1.165) is 17.3 Å². The predicted molar refractivity (Wildman–Crippen MR) is 107 cm³/mol. The maximum absolute atomic E-state index is 13.0. The van der Waals surface area contributed by atoms with E-state index in [4.69, 9.17) is 9.47 Å². The zero-order valence-corrected chi connectivity index (χ0v) is 17.4. The molecule has 2 aliphatic rings. The average molecular weight is 464 g/mol. The second-order valence-electron chi connectivity index (χ2n) is 7.87. The van der Waals surface area contributed by atoms with Crippen molar-refractivity contribution in [2.45, 2.75) is 25.1 Å². The van der Waals surface area contributed by atoms with E-state index >= 15 is 0 Å². The minimum atomic E-state index is -4.72. The Morgan fingerprint density at radius 2 is 1.88 bits per heavy atom. The number of carbonyl (C=O) groups is 1. The lowest BCUT2D eigenvalue weighted by molar-refractivity contribution is -0.147. The number of benzene rings is 1. The second kappa shape index (κ2) is 7.67. The van der Waals surface area contributed by atoms with Crippen LogP contribution >= 0.6 is 0 Å². The van der Waals surface area contributed by atoms with Crippen LogP contribution in [0.15, 0.2) is 29.1 Å². The van der Waals surface area contributed by atoms with Gasteiger partial charge in [-0.1, -0.05) is 0 Å². The molecule has 1 amide bonds. The highest BCUT2D eigenvalue weighted by atomic mass is 19.4. The molecule has 4 heterocycles. The lowest BCUT2D eigenvalue weighted by atomic mass is 10.0. The zero-order chi connectivity index (χ0) is 23.3. The van der Waals surface area contributed by atoms with E-state index in [2.05, 4.69) is 15.3 Å². The fourth-order valence-corrected chi connectivity index (χ4v) is 4.06. The van der Waals surface area contributed by atoms with Crippen LogP contribution in [0.25, 0.3) is 11.3 Å². The standard InChI is InChI=1S/C20H19F3N6O4/c1-27-18(20(21,22)23)26-29(19(27)31)12-4-6-28(7-5-12)17(30)14-9-13(24-25-14)11-2-3-15-16(8-11)33-10-32-15/h2-3,8-9,12H,4-7,10H2,1H3,(H,24,25). The molecular formula is C20H19F3N6O4. The SMILES string of the molecule is Cn1c(C(F)(F)F)nn(C2CCN(C(=O)c3cc(-c4ccc5c(c4)OCO5)n[nH]3)CC2)c1=O. The minimum absolute atomic E-state index is 0.154. The molecule has 0 radical (unpaired) electrons. The highest BCUT2D eigenvalue weighted by molar-refractivity contribution is 5.93. The Labute approximate surface area is 184 Å². The summed E-state index contributed by atoms with van der Waals surface area (Å²) in [6, 6.07) is 6.46. The van der Waals surface area contributed by atoms with Gasteiger partial charge in [0.15, 0.2) is 11.5 Å². The molecule has 5 rings (SSSR count). The number of carbonyl (C=O) groups excluding carboxylic acids is 1. The lowest BCUT2D eigenvalue weighted by Crippen LogP contribution is -2.41. The van der Waals surface area contributed by atoms with E-state index < -0.39 is 23.7 Å².